The van der Waals surface area contributed by atoms with Crippen molar-refractivity contribution in [1.82, 2.24) is 24.1 Å². The topological polar surface area (TPSA) is 48.5 Å². The minimum atomic E-state index is 0.605. The first-order chi connectivity index (χ1) is 35.7. The molecule has 0 N–H and O–H groups in total. The fraction of sp³-hybridized carbons (Fsp3) is 0. The Morgan fingerprint density at radius 1 is 0.236 bits per heavy atom. The van der Waals surface area contributed by atoms with E-state index in [1.54, 1.807) is 0 Å². The summed E-state index contributed by atoms with van der Waals surface area (Å²) in [6.45, 7) is 0. The summed E-state index contributed by atoms with van der Waals surface area (Å²) in [5.41, 5.74) is 11.8. The third-order valence-corrected chi connectivity index (χ3v) is 14.7. The molecule has 0 fully saturated rings. The van der Waals surface area contributed by atoms with Crippen LogP contribution in [0.25, 0.3) is 143 Å². The first-order valence-corrected chi connectivity index (χ1v) is 24.5. The zero-order valence-electron chi connectivity index (χ0n) is 38.9. The van der Waals surface area contributed by atoms with Crippen LogP contribution in [0.5, 0.6) is 0 Å². The maximum absolute atomic E-state index is 5.48. The second kappa shape index (κ2) is 15.9. The average molecular weight is 916 g/mol. The first kappa shape index (κ1) is 40.2. The third kappa shape index (κ3) is 6.31. The van der Waals surface area contributed by atoms with Crippen LogP contribution in [-0.4, -0.2) is 24.1 Å². The van der Waals surface area contributed by atoms with Gasteiger partial charge in [0.25, 0.3) is 0 Å². The van der Waals surface area contributed by atoms with E-state index >= 15 is 0 Å². The molecule has 5 heteroatoms. The Balaban J connectivity index is 1.01. The molecule has 334 valence electrons. The minimum absolute atomic E-state index is 0.605. The molecule has 0 aliphatic heterocycles. The van der Waals surface area contributed by atoms with Crippen LogP contribution in [0.3, 0.4) is 0 Å². The molecule has 0 unspecified atom stereocenters. The van der Waals surface area contributed by atoms with E-state index in [4.69, 9.17) is 15.0 Å². The molecule has 3 heterocycles. The van der Waals surface area contributed by atoms with Crippen LogP contribution in [0.2, 0.25) is 0 Å². The third-order valence-electron chi connectivity index (χ3n) is 14.7. The molecule has 0 radical (unpaired) electrons. The molecule has 5 nitrogen and oxygen atoms in total. The maximum atomic E-state index is 5.48. The van der Waals surface area contributed by atoms with Crippen LogP contribution in [0.1, 0.15) is 0 Å². The Morgan fingerprint density at radius 2 is 0.778 bits per heavy atom. The minimum Gasteiger partial charge on any atom is -0.309 e. The molecule has 0 atom stereocenters. The molecule has 15 aromatic rings. The number of para-hydroxylation sites is 3. The van der Waals surface area contributed by atoms with Crippen molar-refractivity contribution < 1.29 is 0 Å². The molecule has 0 aliphatic carbocycles. The summed E-state index contributed by atoms with van der Waals surface area (Å²) in [5, 5.41) is 14.1. The Kier molecular flexibility index (Phi) is 8.89. The van der Waals surface area contributed by atoms with Crippen molar-refractivity contribution >= 4 is 86.7 Å². The summed E-state index contributed by atoms with van der Waals surface area (Å²) in [7, 11) is 0. The molecule has 15 rings (SSSR count). The van der Waals surface area contributed by atoms with Crippen molar-refractivity contribution in [2.75, 3.05) is 0 Å². The lowest BCUT2D eigenvalue weighted by atomic mass is 9.94. The molecule has 0 saturated heterocycles. The smallest absolute Gasteiger partial charge is 0.164 e. The van der Waals surface area contributed by atoms with Crippen LogP contribution >= 0.6 is 0 Å². The normalized spacial score (nSPS) is 11.9. The lowest BCUT2D eigenvalue weighted by Crippen LogP contribution is -2.02. The highest BCUT2D eigenvalue weighted by atomic mass is 15.0. The summed E-state index contributed by atoms with van der Waals surface area (Å²) < 4.78 is 4.80. The van der Waals surface area contributed by atoms with Crippen molar-refractivity contribution in [3.8, 4) is 56.7 Å². The predicted octanol–water partition coefficient (Wildman–Crippen LogP) is 17.3. The van der Waals surface area contributed by atoms with Gasteiger partial charge in [0.1, 0.15) is 0 Å². The fourth-order valence-corrected chi connectivity index (χ4v) is 11.3. The Labute approximate surface area is 414 Å². The van der Waals surface area contributed by atoms with Gasteiger partial charge in [-0.25, -0.2) is 15.0 Å². The van der Waals surface area contributed by atoms with E-state index in [-0.39, 0.29) is 0 Å². The van der Waals surface area contributed by atoms with E-state index in [1.807, 2.05) is 0 Å². The van der Waals surface area contributed by atoms with E-state index in [0.717, 1.165) is 77.2 Å². The molecule has 0 saturated carbocycles. The number of nitrogens with zero attached hydrogens (tertiary/aromatic N) is 5. The van der Waals surface area contributed by atoms with Gasteiger partial charge in [-0.3, -0.25) is 0 Å². The molecule has 0 bridgehead atoms. The summed E-state index contributed by atoms with van der Waals surface area (Å²) >= 11 is 0. The zero-order valence-corrected chi connectivity index (χ0v) is 38.9. The van der Waals surface area contributed by atoms with E-state index in [9.17, 15) is 0 Å². The number of benzene rings is 12. The summed E-state index contributed by atoms with van der Waals surface area (Å²) in [6, 6.07) is 89.6. The van der Waals surface area contributed by atoms with Gasteiger partial charge in [-0.2, -0.15) is 0 Å². The monoisotopic (exact) mass is 915 g/mol. The van der Waals surface area contributed by atoms with Gasteiger partial charge in [-0.1, -0.05) is 182 Å². The van der Waals surface area contributed by atoms with E-state index < -0.39 is 0 Å². The number of hydrogen-bond donors (Lipinski definition) is 0. The number of fused-ring (bicyclic) bond motifs is 10. The van der Waals surface area contributed by atoms with Crippen molar-refractivity contribution in [3.05, 3.63) is 249 Å². The lowest BCUT2D eigenvalue weighted by molar-refractivity contribution is 1.08. The van der Waals surface area contributed by atoms with Crippen LogP contribution in [0.4, 0.5) is 0 Å². The van der Waals surface area contributed by atoms with Gasteiger partial charge >= 0.3 is 0 Å². The Morgan fingerprint density at radius 3 is 1.57 bits per heavy atom. The lowest BCUT2D eigenvalue weighted by Gasteiger charge is -2.17. The van der Waals surface area contributed by atoms with Crippen LogP contribution < -0.4 is 0 Å². The molecule has 3 aromatic heterocycles. The van der Waals surface area contributed by atoms with Gasteiger partial charge in [0, 0.05) is 49.3 Å². The summed E-state index contributed by atoms with van der Waals surface area (Å²) in [5.74, 6) is 1.83. The SMILES string of the molecule is c1ccc(-n2c3ccccc3c3ccc(-c4nc(-c5ccc6ccccc6c5)nc(-c5ccc(-n6c7ccccc7c7cc8ccccc8cc76)c6cc(-c7cccc8ccccc78)ccc56)n4)cc32)cc1. The zero-order chi connectivity index (χ0) is 47.3. The van der Waals surface area contributed by atoms with Gasteiger partial charge in [0.2, 0.25) is 0 Å². The first-order valence-electron chi connectivity index (χ1n) is 24.5. The quantitative estimate of drug-likeness (QED) is 0.167. The standard InChI is InChI=1S/C67H41N5/c1-2-21-50(22-3-1)71-60-27-12-10-24-54(60)56-34-32-49(41-63(56)71)66-68-65(48-30-29-42-15-4-5-17-44(42)37-48)69-67(70-66)57-35-36-62(58-39-47(31-33-53(57)58)52-26-14-20-43-16-8-9-23-51(43)52)72-61-28-13-11-25-55(61)59-38-45-18-6-7-19-46(45)40-64(59)72/h1-41H. The largest absolute Gasteiger partial charge is 0.309 e. The van der Waals surface area contributed by atoms with Crippen molar-refractivity contribution in [2.24, 2.45) is 0 Å². The van der Waals surface area contributed by atoms with Crippen LogP contribution in [0.15, 0.2) is 249 Å². The van der Waals surface area contributed by atoms with E-state index in [0.29, 0.717) is 17.5 Å². The van der Waals surface area contributed by atoms with E-state index in [2.05, 4.69) is 258 Å². The average Bonchev–Trinajstić information content (AvgIpc) is 3.95. The Hall–Kier alpha value is -9.71. The molecular formula is C67H41N5. The van der Waals surface area contributed by atoms with Gasteiger partial charge in [0.05, 0.1) is 27.8 Å². The number of rotatable bonds is 6. The fourth-order valence-electron chi connectivity index (χ4n) is 11.3. The summed E-state index contributed by atoms with van der Waals surface area (Å²) in [6.07, 6.45) is 0. The van der Waals surface area contributed by atoms with Gasteiger partial charge in [-0.05, 0) is 116 Å². The van der Waals surface area contributed by atoms with Crippen molar-refractivity contribution in [3.63, 3.8) is 0 Å². The van der Waals surface area contributed by atoms with Gasteiger partial charge in [-0.15, -0.1) is 0 Å². The summed E-state index contributed by atoms with van der Waals surface area (Å²) in [4.78, 5) is 16.3. The molecule has 0 amide bonds. The van der Waals surface area contributed by atoms with E-state index in [1.165, 1.54) is 48.7 Å². The second-order valence-electron chi connectivity index (χ2n) is 18.8. The van der Waals surface area contributed by atoms with Crippen LogP contribution in [-0.2, 0) is 0 Å². The molecule has 12 aromatic carbocycles. The molecular weight excluding hydrogens is 875 g/mol. The van der Waals surface area contributed by atoms with Crippen LogP contribution in [0, 0.1) is 0 Å². The Bertz CT molecular complexity index is 4690. The number of aromatic nitrogens is 5. The second-order valence-corrected chi connectivity index (χ2v) is 18.8. The van der Waals surface area contributed by atoms with Gasteiger partial charge < -0.3 is 9.13 Å². The molecule has 72 heavy (non-hydrogen) atoms. The highest BCUT2D eigenvalue weighted by molar-refractivity contribution is 6.16. The van der Waals surface area contributed by atoms with Crippen molar-refractivity contribution in [2.45, 2.75) is 0 Å². The highest BCUT2D eigenvalue weighted by Crippen LogP contribution is 2.42. The number of hydrogen-bond acceptors (Lipinski definition) is 3. The highest BCUT2D eigenvalue weighted by Gasteiger charge is 2.22. The predicted molar refractivity (Wildman–Crippen MR) is 300 cm³/mol. The van der Waals surface area contributed by atoms with Gasteiger partial charge in [0.15, 0.2) is 17.5 Å². The molecule has 0 spiro atoms. The molecule has 0 aliphatic rings. The van der Waals surface area contributed by atoms with Crippen molar-refractivity contribution in [1.29, 1.82) is 0 Å². The maximum Gasteiger partial charge on any atom is 0.164 e.